The van der Waals surface area contributed by atoms with Crippen LogP contribution in [-0.4, -0.2) is 8.42 Å². The molecule has 0 aliphatic rings. The van der Waals surface area contributed by atoms with Crippen molar-refractivity contribution in [3.05, 3.63) is 80.4 Å². The topological polar surface area (TPSA) is 43.4 Å². The van der Waals surface area contributed by atoms with Gasteiger partial charge in [0.25, 0.3) is 0 Å². The lowest BCUT2D eigenvalue weighted by Gasteiger charge is -2.17. The Hall–Kier alpha value is -1.86. The number of hydrogen-bond acceptors (Lipinski definition) is 3. The van der Waals surface area contributed by atoms with Gasteiger partial charge in [0, 0.05) is 9.13 Å². The lowest BCUT2D eigenvalue weighted by Crippen LogP contribution is -2.11. The molecule has 0 spiro atoms. The van der Waals surface area contributed by atoms with Crippen molar-refractivity contribution in [2.45, 2.75) is 32.6 Å². The Morgan fingerprint density at radius 1 is 0.778 bits per heavy atom. The van der Waals surface area contributed by atoms with E-state index in [-0.39, 0.29) is 4.90 Å². The number of hydrogen-bond donors (Lipinski definition) is 0. The van der Waals surface area contributed by atoms with Crippen molar-refractivity contribution in [1.29, 1.82) is 0 Å². The molecule has 0 atom stereocenters. The van der Waals surface area contributed by atoms with Crippen LogP contribution in [0.25, 0.3) is 11.1 Å². The summed E-state index contributed by atoms with van der Waals surface area (Å²) in [5.41, 5.74) is 6.18. The molecular formula is C22H21IO3S. The number of benzene rings is 3. The van der Waals surface area contributed by atoms with Crippen LogP contribution in [0.15, 0.2) is 59.5 Å². The number of aryl methyl sites for hydroxylation is 4. The van der Waals surface area contributed by atoms with Gasteiger partial charge in [0.05, 0.1) is 0 Å². The molecular weight excluding hydrogens is 471 g/mol. The molecule has 0 saturated carbocycles. The first-order valence-corrected chi connectivity index (χ1v) is 11.1. The van der Waals surface area contributed by atoms with Gasteiger partial charge in [-0.15, -0.1) is 0 Å². The SMILES string of the molecule is Cc1ccc(S(=O)(=O)Oc2cccc(I)c2-c2c(C)cc(C)cc2C)cc1. The van der Waals surface area contributed by atoms with Crippen molar-refractivity contribution in [3.8, 4) is 16.9 Å². The summed E-state index contributed by atoms with van der Waals surface area (Å²) < 4.78 is 32.2. The van der Waals surface area contributed by atoms with E-state index in [9.17, 15) is 8.42 Å². The van der Waals surface area contributed by atoms with E-state index < -0.39 is 10.1 Å². The molecule has 3 rings (SSSR count). The maximum absolute atomic E-state index is 12.8. The van der Waals surface area contributed by atoms with Gasteiger partial charge in [-0.3, -0.25) is 0 Å². The van der Waals surface area contributed by atoms with Crippen molar-refractivity contribution in [2.75, 3.05) is 0 Å². The van der Waals surface area contributed by atoms with Gasteiger partial charge in [-0.05, 0) is 91.2 Å². The molecule has 0 N–H and O–H groups in total. The Bertz CT molecular complexity index is 1080. The fourth-order valence-electron chi connectivity index (χ4n) is 3.26. The van der Waals surface area contributed by atoms with Crippen LogP contribution in [0.4, 0.5) is 0 Å². The Morgan fingerprint density at radius 2 is 1.37 bits per heavy atom. The molecule has 0 aliphatic heterocycles. The first kappa shape index (κ1) is 19.9. The molecule has 0 aliphatic carbocycles. The van der Waals surface area contributed by atoms with Crippen LogP contribution >= 0.6 is 22.6 Å². The highest BCUT2D eigenvalue weighted by molar-refractivity contribution is 14.1. The molecule has 0 radical (unpaired) electrons. The summed E-state index contributed by atoms with van der Waals surface area (Å²) in [6.07, 6.45) is 0. The van der Waals surface area contributed by atoms with Gasteiger partial charge in [0.15, 0.2) is 5.75 Å². The minimum absolute atomic E-state index is 0.148. The van der Waals surface area contributed by atoms with E-state index in [4.69, 9.17) is 4.18 Å². The fraction of sp³-hybridized carbons (Fsp3) is 0.182. The summed E-state index contributed by atoms with van der Waals surface area (Å²) in [5.74, 6) is 0.345. The normalized spacial score (nSPS) is 11.4. The number of halogens is 1. The van der Waals surface area contributed by atoms with Crippen LogP contribution in [0.3, 0.4) is 0 Å². The van der Waals surface area contributed by atoms with Crippen LogP contribution in [0.1, 0.15) is 22.3 Å². The Labute approximate surface area is 174 Å². The minimum atomic E-state index is -3.91. The van der Waals surface area contributed by atoms with E-state index in [1.807, 2.05) is 32.9 Å². The highest BCUT2D eigenvalue weighted by Gasteiger charge is 2.22. The van der Waals surface area contributed by atoms with E-state index in [0.29, 0.717) is 5.75 Å². The second-order valence-electron chi connectivity index (χ2n) is 6.74. The predicted octanol–water partition coefficient (Wildman–Crippen LogP) is 5.96. The van der Waals surface area contributed by atoms with E-state index >= 15 is 0 Å². The zero-order valence-electron chi connectivity index (χ0n) is 15.7. The third-order valence-corrected chi connectivity index (χ3v) is 6.56. The molecule has 140 valence electrons. The summed E-state index contributed by atoms with van der Waals surface area (Å²) in [4.78, 5) is 0.148. The third-order valence-electron chi connectivity index (χ3n) is 4.41. The van der Waals surface area contributed by atoms with Crippen LogP contribution in [-0.2, 0) is 10.1 Å². The van der Waals surface area contributed by atoms with Crippen molar-refractivity contribution in [3.63, 3.8) is 0 Å². The Morgan fingerprint density at radius 3 is 1.96 bits per heavy atom. The van der Waals surface area contributed by atoms with Gasteiger partial charge >= 0.3 is 10.1 Å². The maximum atomic E-state index is 12.8. The second kappa shape index (κ2) is 7.64. The maximum Gasteiger partial charge on any atom is 0.339 e. The molecule has 3 nitrogen and oxygen atoms in total. The van der Waals surface area contributed by atoms with Crippen LogP contribution < -0.4 is 4.18 Å². The second-order valence-corrected chi connectivity index (χ2v) is 9.45. The molecule has 0 saturated heterocycles. The van der Waals surface area contributed by atoms with Crippen molar-refractivity contribution in [2.24, 2.45) is 0 Å². The van der Waals surface area contributed by atoms with E-state index in [2.05, 4.69) is 41.6 Å². The van der Waals surface area contributed by atoms with Gasteiger partial charge in [-0.2, -0.15) is 8.42 Å². The van der Waals surface area contributed by atoms with Crippen molar-refractivity contribution in [1.82, 2.24) is 0 Å². The quantitative estimate of drug-likeness (QED) is 0.334. The molecule has 3 aromatic carbocycles. The molecule has 3 aromatic rings. The van der Waals surface area contributed by atoms with Gasteiger partial charge in [-0.25, -0.2) is 0 Å². The van der Waals surface area contributed by atoms with E-state index in [1.54, 1.807) is 30.3 Å². The average molecular weight is 492 g/mol. The van der Waals surface area contributed by atoms with Gasteiger partial charge < -0.3 is 4.18 Å². The molecule has 27 heavy (non-hydrogen) atoms. The zero-order valence-corrected chi connectivity index (χ0v) is 18.7. The first-order chi connectivity index (χ1) is 12.7. The fourth-order valence-corrected chi connectivity index (χ4v) is 4.95. The van der Waals surface area contributed by atoms with Crippen LogP contribution in [0.2, 0.25) is 0 Å². The molecule has 0 bridgehead atoms. The summed E-state index contributed by atoms with van der Waals surface area (Å²) in [5, 5.41) is 0. The highest BCUT2D eigenvalue weighted by atomic mass is 127. The summed E-state index contributed by atoms with van der Waals surface area (Å²) in [6, 6.07) is 16.3. The first-order valence-electron chi connectivity index (χ1n) is 8.57. The predicted molar refractivity (Wildman–Crippen MR) is 118 cm³/mol. The largest absolute Gasteiger partial charge is 0.378 e. The average Bonchev–Trinajstić information content (AvgIpc) is 2.56. The molecule has 0 amide bonds. The van der Waals surface area contributed by atoms with Gasteiger partial charge in [0.1, 0.15) is 4.90 Å². The minimum Gasteiger partial charge on any atom is -0.378 e. The van der Waals surface area contributed by atoms with Crippen LogP contribution in [0.5, 0.6) is 5.75 Å². The molecule has 0 aromatic heterocycles. The Kier molecular flexibility index (Phi) is 5.63. The van der Waals surface area contributed by atoms with E-state index in [0.717, 1.165) is 31.4 Å². The smallest absolute Gasteiger partial charge is 0.339 e. The Balaban J connectivity index is 2.14. The summed E-state index contributed by atoms with van der Waals surface area (Å²) in [7, 11) is -3.91. The summed E-state index contributed by atoms with van der Waals surface area (Å²) in [6.45, 7) is 8.05. The van der Waals surface area contributed by atoms with Gasteiger partial charge in [0.2, 0.25) is 0 Å². The van der Waals surface area contributed by atoms with Gasteiger partial charge in [-0.1, -0.05) is 41.5 Å². The van der Waals surface area contributed by atoms with E-state index in [1.165, 1.54) is 5.56 Å². The molecule has 5 heteroatoms. The zero-order chi connectivity index (χ0) is 19.8. The lowest BCUT2D eigenvalue weighted by molar-refractivity contribution is 0.486. The molecule has 0 unspecified atom stereocenters. The summed E-state index contributed by atoms with van der Waals surface area (Å²) >= 11 is 2.23. The molecule has 0 heterocycles. The van der Waals surface area contributed by atoms with Crippen molar-refractivity contribution >= 4 is 32.7 Å². The van der Waals surface area contributed by atoms with Crippen molar-refractivity contribution < 1.29 is 12.6 Å². The van der Waals surface area contributed by atoms with Crippen LogP contribution in [0, 0.1) is 31.3 Å². The standard InChI is InChI=1S/C22H21IO3S/c1-14-8-10-18(11-9-14)27(24,25)26-20-7-5-6-19(23)22(20)21-16(3)12-15(2)13-17(21)4/h5-13H,1-4H3. The molecule has 0 fully saturated rings. The lowest BCUT2D eigenvalue weighted by atomic mass is 9.93. The number of rotatable bonds is 4. The highest BCUT2D eigenvalue weighted by Crippen LogP contribution is 2.39. The third kappa shape index (κ3) is 4.19. The monoisotopic (exact) mass is 492 g/mol.